The summed E-state index contributed by atoms with van der Waals surface area (Å²) in [6, 6.07) is 13.3. The highest BCUT2D eigenvalue weighted by Gasteiger charge is 2.28. The number of nitrogens with zero attached hydrogens (tertiary/aromatic N) is 2. The number of ether oxygens (including phenoxy) is 1. The average molecular weight is 436 g/mol. The third-order valence-corrected chi connectivity index (χ3v) is 5.57. The van der Waals surface area contributed by atoms with Crippen molar-refractivity contribution < 1.29 is 29.0 Å². The highest BCUT2D eigenvalue weighted by atomic mass is 16.5. The van der Waals surface area contributed by atoms with Crippen molar-refractivity contribution in [2.24, 2.45) is 0 Å². The molecule has 3 aromatic rings. The lowest BCUT2D eigenvalue weighted by Crippen LogP contribution is -2.22. The lowest BCUT2D eigenvalue weighted by atomic mass is 9.99. The summed E-state index contributed by atoms with van der Waals surface area (Å²) >= 11 is 0. The Morgan fingerprint density at radius 1 is 1.06 bits per heavy atom. The first-order valence-electron chi connectivity index (χ1n) is 10.4. The van der Waals surface area contributed by atoms with Crippen LogP contribution in [0.5, 0.6) is 5.75 Å². The standard InChI is InChI=1S/C24H24N2O6/c1-15-20(25-23(32-15)17-5-3-2-4-6-17)11-12-31-21-9-7-16(8-10-22(27)28)18-13-26(24(29)30)14-19(18)21/h2-7,9H,8,10-14H2,1H3,(H,27,28)(H,29,30). The van der Waals surface area contributed by atoms with E-state index in [2.05, 4.69) is 4.98 Å². The van der Waals surface area contributed by atoms with Crippen LogP contribution < -0.4 is 4.74 Å². The number of aryl methyl sites for hydroxylation is 2. The number of aliphatic carboxylic acids is 1. The predicted octanol–water partition coefficient (Wildman–Crippen LogP) is 4.28. The van der Waals surface area contributed by atoms with Crippen LogP contribution in [0.25, 0.3) is 11.5 Å². The minimum Gasteiger partial charge on any atom is -0.493 e. The summed E-state index contributed by atoms with van der Waals surface area (Å²) in [6.07, 6.45) is -0.121. The predicted molar refractivity (Wildman–Crippen MR) is 116 cm³/mol. The summed E-state index contributed by atoms with van der Waals surface area (Å²) in [5.41, 5.74) is 4.21. The molecule has 1 aliphatic heterocycles. The number of hydrogen-bond acceptors (Lipinski definition) is 5. The molecule has 4 rings (SSSR count). The SMILES string of the molecule is Cc1oc(-c2ccccc2)nc1CCOc1ccc(CCC(=O)O)c2c1CN(C(=O)O)C2. The van der Waals surface area contributed by atoms with Crippen LogP contribution >= 0.6 is 0 Å². The summed E-state index contributed by atoms with van der Waals surface area (Å²) in [4.78, 5) is 28.3. The Morgan fingerprint density at radius 3 is 2.53 bits per heavy atom. The maximum Gasteiger partial charge on any atom is 0.407 e. The molecule has 0 aliphatic carbocycles. The maximum atomic E-state index is 11.5. The van der Waals surface area contributed by atoms with Gasteiger partial charge in [-0.3, -0.25) is 9.69 Å². The van der Waals surface area contributed by atoms with Gasteiger partial charge in [-0.05, 0) is 42.7 Å². The minimum atomic E-state index is -1.01. The lowest BCUT2D eigenvalue weighted by molar-refractivity contribution is -0.136. The molecule has 1 aromatic heterocycles. The molecule has 166 valence electrons. The molecule has 1 aliphatic rings. The molecule has 0 fully saturated rings. The normalized spacial score (nSPS) is 12.6. The molecule has 1 amide bonds. The smallest absolute Gasteiger partial charge is 0.407 e. The van der Waals surface area contributed by atoms with Crippen LogP contribution in [0.15, 0.2) is 46.9 Å². The van der Waals surface area contributed by atoms with Gasteiger partial charge in [0.2, 0.25) is 5.89 Å². The number of rotatable bonds is 8. The van der Waals surface area contributed by atoms with E-state index in [1.165, 1.54) is 4.90 Å². The van der Waals surface area contributed by atoms with Crippen LogP contribution in [0, 0.1) is 6.92 Å². The van der Waals surface area contributed by atoms with E-state index in [-0.39, 0.29) is 19.5 Å². The van der Waals surface area contributed by atoms with Crippen LogP contribution in [0.1, 0.15) is 34.6 Å². The van der Waals surface area contributed by atoms with Gasteiger partial charge in [-0.2, -0.15) is 0 Å². The first-order valence-corrected chi connectivity index (χ1v) is 10.4. The summed E-state index contributed by atoms with van der Waals surface area (Å²) in [7, 11) is 0. The first kappa shape index (κ1) is 21.4. The van der Waals surface area contributed by atoms with E-state index in [4.69, 9.17) is 14.3 Å². The van der Waals surface area contributed by atoms with Crippen LogP contribution in [0.4, 0.5) is 4.79 Å². The number of oxazole rings is 1. The Balaban J connectivity index is 1.47. The van der Waals surface area contributed by atoms with Gasteiger partial charge >= 0.3 is 12.1 Å². The monoisotopic (exact) mass is 436 g/mol. The van der Waals surface area contributed by atoms with Crippen LogP contribution in [0.3, 0.4) is 0 Å². The molecule has 0 bridgehead atoms. The number of amides is 1. The summed E-state index contributed by atoms with van der Waals surface area (Å²) in [5.74, 6) is 1.04. The number of hydrogen-bond donors (Lipinski definition) is 2. The van der Waals surface area contributed by atoms with E-state index in [1.807, 2.05) is 43.3 Å². The van der Waals surface area contributed by atoms with Gasteiger partial charge in [-0.25, -0.2) is 9.78 Å². The van der Waals surface area contributed by atoms with Gasteiger partial charge in [0.15, 0.2) is 0 Å². The van der Waals surface area contributed by atoms with Crippen molar-refractivity contribution >= 4 is 12.1 Å². The van der Waals surface area contributed by atoms with Crippen molar-refractivity contribution in [2.75, 3.05) is 6.61 Å². The van der Waals surface area contributed by atoms with E-state index in [0.29, 0.717) is 31.1 Å². The van der Waals surface area contributed by atoms with Gasteiger partial charge in [0.05, 0.1) is 25.4 Å². The Labute approximate surface area is 185 Å². The van der Waals surface area contributed by atoms with E-state index in [1.54, 1.807) is 6.07 Å². The number of aromatic nitrogens is 1. The van der Waals surface area contributed by atoms with E-state index in [9.17, 15) is 14.7 Å². The lowest BCUT2D eigenvalue weighted by Gasteiger charge is -2.13. The molecule has 0 saturated carbocycles. The van der Waals surface area contributed by atoms with Crippen molar-refractivity contribution in [3.63, 3.8) is 0 Å². The zero-order chi connectivity index (χ0) is 22.7. The summed E-state index contributed by atoms with van der Waals surface area (Å²) in [6.45, 7) is 2.69. The zero-order valence-electron chi connectivity index (χ0n) is 17.7. The molecule has 0 spiro atoms. The molecule has 8 nitrogen and oxygen atoms in total. The van der Waals surface area contributed by atoms with Crippen molar-refractivity contribution in [3.8, 4) is 17.2 Å². The third kappa shape index (κ3) is 4.59. The Hall–Kier alpha value is -3.81. The van der Waals surface area contributed by atoms with Gasteiger partial charge < -0.3 is 19.4 Å². The molecule has 0 saturated heterocycles. The molecule has 0 unspecified atom stereocenters. The fraction of sp³-hybridized carbons (Fsp3) is 0.292. The third-order valence-electron chi connectivity index (χ3n) is 5.57. The Bertz CT molecular complexity index is 1140. The molecule has 2 heterocycles. The molecule has 32 heavy (non-hydrogen) atoms. The summed E-state index contributed by atoms with van der Waals surface area (Å²) < 4.78 is 11.8. The fourth-order valence-corrected chi connectivity index (χ4v) is 3.90. The van der Waals surface area contributed by atoms with Crippen molar-refractivity contribution in [3.05, 3.63) is 70.6 Å². The highest BCUT2D eigenvalue weighted by molar-refractivity contribution is 5.69. The first-order chi connectivity index (χ1) is 15.4. The van der Waals surface area contributed by atoms with Crippen molar-refractivity contribution in [2.45, 2.75) is 39.3 Å². The van der Waals surface area contributed by atoms with Gasteiger partial charge in [0, 0.05) is 24.0 Å². The van der Waals surface area contributed by atoms with Crippen LogP contribution in [-0.2, 0) is 30.7 Å². The highest BCUT2D eigenvalue weighted by Crippen LogP contribution is 2.34. The molecule has 2 aromatic carbocycles. The number of fused-ring (bicyclic) bond motifs is 1. The van der Waals surface area contributed by atoms with E-state index >= 15 is 0 Å². The molecular formula is C24H24N2O6. The number of carbonyl (C=O) groups is 2. The average Bonchev–Trinajstić information content (AvgIpc) is 3.38. The maximum absolute atomic E-state index is 11.5. The van der Waals surface area contributed by atoms with Crippen molar-refractivity contribution in [1.29, 1.82) is 0 Å². The van der Waals surface area contributed by atoms with E-state index in [0.717, 1.165) is 33.7 Å². The van der Waals surface area contributed by atoms with E-state index < -0.39 is 12.1 Å². The second-order valence-corrected chi connectivity index (χ2v) is 7.70. The second-order valence-electron chi connectivity index (χ2n) is 7.70. The van der Waals surface area contributed by atoms with Crippen molar-refractivity contribution in [1.82, 2.24) is 9.88 Å². The topological polar surface area (TPSA) is 113 Å². The number of carboxylic acids is 1. The number of benzene rings is 2. The van der Waals surface area contributed by atoms with Gasteiger partial charge in [0.1, 0.15) is 11.5 Å². The molecule has 2 N–H and O–H groups in total. The largest absolute Gasteiger partial charge is 0.493 e. The minimum absolute atomic E-state index is 0.00506. The molecule has 0 atom stereocenters. The Kier molecular flexibility index (Phi) is 6.11. The van der Waals surface area contributed by atoms with Gasteiger partial charge in [-0.1, -0.05) is 24.3 Å². The van der Waals surface area contributed by atoms with Crippen LogP contribution in [0.2, 0.25) is 0 Å². The van der Waals surface area contributed by atoms with Crippen LogP contribution in [-0.4, -0.2) is 38.8 Å². The Morgan fingerprint density at radius 2 is 1.81 bits per heavy atom. The summed E-state index contributed by atoms with van der Waals surface area (Å²) in [5, 5.41) is 18.4. The van der Waals surface area contributed by atoms with Gasteiger partial charge in [-0.15, -0.1) is 0 Å². The molecule has 0 radical (unpaired) electrons. The van der Waals surface area contributed by atoms with Gasteiger partial charge in [0.25, 0.3) is 0 Å². The molecular weight excluding hydrogens is 412 g/mol. The second kappa shape index (κ2) is 9.13. The number of carboxylic acid groups (broad SMARTS) is 2. The fourth-order valence-electron chi connectivity index (χ4n) is 3.90. The quantitative estimate of drug-likeness (QED) is 0.542. The zero-order valence-corrected chi connectivity index (χ0v) is 17.7. The molecule has 8 heteroatoms.